The maximum atomic E-state index is 6.79. The van der Waals surface area contributed by atoms with Gasteiger partial charge in [-0.2, -0.15) is 0 Å². The lowest BCUT2D eigenvalue weighted by Crippen LogP contribution is -2.10. The smallest absolute Gasteiger partial charge is 0.228 e. The lowest BCUT2D eigenvalue weighted by molar-refractivity contribution is 0.620. The van der Waals surface area contributed by atoms with E-state index in [-0.39, 0.29) is 0 Å². The van der Waals surface area contributed by atoms with Crippen LogP contribution in [0.2, 0.25) is 0 Å². The van der Waals surface area contributed by atoms with E-state index in [1.54, 1.807) is 0 Å². The maximum absolute atomic E-state index is 6.79. The maximum Gasteiger partial charge on any atom is 0.228 e. The van der Waals surface area contributed by atoms with Crippen molar-refractivity contribution in [3.8, 4) is 11.5 Å². The molecule has 0 radical (unpaired) electrons. The molecular weight excluding hydrogens is 625 g/mol. The van der Waals surface area contributed by atoms with E-state index in [1.807, 2.05) is 30.3 Å². The number of rotatable bonds is 4. The van der Waals surface area contributed by atoms with Gasteiger partial charge in [0.1, 0.15) is 11.1 Å². The number of aromatic nitrogens is 1. The van der Waals surface area contributed by atoms with Crippen LogP contribution in [0.3, 0.4) is 0 Å². The summed E-state index contributed by atoms with van der Waals surface area (Å²) >= 11 is 0. The second-order valence-electron chi connectivity index (χ2n) is 13.1. The summed E-state index contributed by atoms with van der Waals surface area (Å²) < 4.78 is 13.2. The van der Waals surface area contributed by atoms with Crippen molar-refractivity contribution in [3.05, 3.63) is 170 Å². The number of oxazole rings is 1. The summed E-state index contributed by atoms with van der Waals surface area (Å²) in [5.74, 6) is 0.578. The van der Waals surface area contributed by atoms with Crippen molar-refractivity contribution in [2.75, 3.05) is 4.90 Å². The molecule has 0 saturated heterocycles. The van der Waals surface area contributed by atoms with E-state index < -0.39 is 0 Å². The molecule has 0 saturated carbocycles. The van der Waals surface area contributed by atoms with Crippen LogP contribution in [0, 0.1) is 0 Å². The van der Waals surface area contributed by atoms with Gasteiger partial charge < -0.3 is 13.7 Å². The summed E-state index contributed by atoms with van der Waals surface area (Å²) in [6, 6.07) is 59.7. The molecule has 0 fully saturated rings. The highest BCUT2D eigenvalue weighted by Crippen LogP contribution is 2.45. The lowest BCUT2D eigenvalue weighted by atomic mass is 9.96. The molecule has 0 spiro atoms. The van der Waals surface area contributed by atoms with Crippen LogP contribution in [-0.2, 0) is 0 Å². The van der Waals surface area contributed by atoms with Gasteiger partial charge in [0.25, 0.3) is 0 Å². The Kier molecular flexibility index (Phi) is 5.92. The molecule has 0 aliphatic carbocycles. The van der Waals surface area contributed by atoms with E-state index in [0.29, 0.717) is 5.89 Å². The highest BCUT2D eigenvalue weighted by molar-refractivity contribution is 6.19. The number of fused-ring (bicyclic) bond motifs is 11. The van der Waals surface area contributed by atoms with Crippen molar-refractivity contribution in [2.45, 2.75) is 0 Å². The number of anilines is 3. The van der Waals surface area contributed by atoms with Crippen LogP contribution in [0.5, 0.6) is 0 Å². The quantitative estimate of drug-likeness (QED) is 0.177. The Morgan fingerprint density at radius 2 is 1.08 bits per heavy atom. The van der Waals surface area contributed by atoms with Crippen LogP contribution >= 0.6 is 0 Å². The zero-order valence-corrected chi connectivity index (χ0v) is 27.4. The minimum atomic E-state index is 0.578. The van der Waals surface area contributed by atoms with Crippen LogP contribution in [0.4, 0.5) is 17.1 Å². The SMILES string of the molecule is c1ccc(N(c2ccc3c(ccc4c5ccccc5ccc34)c2)c2cccc3c2oc2cccc(-c4nc5c(ccc6ccccc65)o4)c23)cc1. The average Bonchev–Trinajstić information content (AvgIpc) is 3.81. The minimum Gasteiger partial charge on any atom is -0.454 e. The number of hydrogen-bond donors (Lipinski definition) is 0. The van der Waals surface area contributed by atoms with E-state index >= 15 is 0 Å². The van der Waals surface area contributed by atoms with Crippen LogP contribution in [0.25, 0.3) is 87.6 Å². The van der Waals surface area contributed by atoms with Crippen LogP contribution < -0.4 is 4.90 Å². The average molecular weight is 653 g/mol. The molecule has 4 nitrogen and oxygen atoms in total. The Balaban J connectivity index is 1.11. The van der Waals surface area contributed by atoms with Crippen molar-refractivity contribution in [1.29, 1.82) is 0 Å². The van der Waals surface area contributed by atoms with Gasteiger partial charge in [-0.25, -0.2) is 4.98 Å². The van der Waals surface area contributed by atoms with Gasteiger partial charge >= 0.3 is 0 Å². The van der Waals surface area contributed by atoms with Crippen molar-refractivity contribution in [2.24, 2.45) is 0 Å². The first-order chi connectivity index (χ1) is 25.3. The van der Waals surface area contributed by atoms with Gasteiger partial charge in [-0.3, -0.25) is 0 Å². The van der Waals surface area contributed by atoms with E-state index in [4.69, 9.17) is 13.8 Å². The topological polar surface area (TPSA) is 42.4 Å². The molecule has 0 atom stereocenters. The third kappa shape index (κ3) is 4.23. The summed E-state index contributed by atoms with van der Waals surface area (Å²) in [5.41, 5.74) is 7.16. The molecule has 0 amide bonds. The number of furan rings is 1. The molecule has 9 aromatic carbocycles. The normalized spacial score (nSPS) is 11.9. The molecule has 4 heteroatoms. The van der Waals surface area contributed by atoms with Crippen molar-refractivity contribution < 1.29 is 8.83 Å². The number of hydrogen-bond acceptors (Lipinski definition) is 4. The predicted molar refractivity (Wildman–Crippen MR) is 211 cm³/mol. The molecular formula is C47H28N2O2. The molecule has 11 rings (SSSR count). The van der Waals surface area contributed by atoms with Crippen molar-refractivity contribution in [1.82, 2.24) is 4.98 Å². The number of benzene rings is 9. The van der Waals surface area contributed by atoms with Crippen LogP contribution in [0.15, 0.2) is 179 Å². The fourth-order valence-corrected chi connectivity index (χ4v) is 7.92. The van der Waals surface area contributed by atoms with Gasteiger partial charge in [0, 0.05) is 33.1 Å². The Morgan fingerprint density at radius 1 is 0.412 bits per heavy atom. The van der Waals surface area contributed by atoms with Crippen LogP contribution in [-0.4, -0.2) is 4.98 Å². The summed E-state index contributed by atoms with van der Waals surface area (Å²) in [6.45, 7) is 0. The van der Waals surface area contributed by atoms with Gasteiger partial charge in [-0.15, -0.1) is 0 Å². The summed E-state index contributed by atoms with van der Waals surface area (Å²) in [7, 11) is 0. The zero-order valence-electron chi connectivity index (χ0n) is 27.4. The molecule has 0 aliphatic rings. The van der Waals surface area contributed by atoms with E-state index in [2.05, 4.69) is 144 Å². The number of para-hydroxylation sites is 2. The highest BCUT2D eigenvalue weighted by Gasteiger charge is 2.23. The largest absolute Gasteiger partial charge is 0.454 e. The Bertz CT molecular complexity index is 3160. The standard InChI is InChI=1S/C47H28N2O2/c1-2-12-32(13-3-1)49(33-23-26-35-31(28-33)21-25-37-34-14-6-4-10-29(34)20-24-38(35)37)41-18-8-16-39-44-40(17-9-19-42(44)50-46(39)41)47-48-45-36-15-7-5-11-30(36)22-27-43(45)51-47/h1-28H. The van der Waals surface area contributed by atoms with Gasteiger partial charge in [-0.1, -0.05) is 121 Å². The molecule has 51 heavy (non-hydrogen) atoms. The van der Waals surface area contributed by atoms with Gasteiger partial charge in [0.05, 0.1) is 5.69 Å². The molecule has 0 unspecified atom stereocenters. The Morgan fingerprint density at radius 3 is 1.94 bits per heavy atom. The first-order valence-corrected chi connectivity index (χ1v) is 17.2. The highest BCUT2D eigenvalue weighted by atomic mass is 16.3. The fourth-order valence-electron chi connectivity index (χ4n) is 7.92. The van der Waals surface area contributed by atoms with Crippen molar-refractivity contribution in [3.63, 3.8) is 0 Å². The first kappa shape index (κ1) is 28.0. The summed E-state index contributed by atoms with van der Waals surface area (Å²) in [5, 5.41) is 11.7. The van der Waals surface area contributed by atoms with Crippen LogP contribution in [0.1, 0.15) is 0 Å². The fraction of sp³-hybridized carbons (Fsp3) is 0. The minimum absolute atomic E-state index is 0.578. The van der Waals surface area contributed by atoms with E-state index in [9.17, 15) is 0 Å². The molecule has 2 aromatic heterocycles. The molecule has 0 aliphatic heterocycles. The molecule has 2 heterocycles. The number of nitrogens with zero attached hydrogens (tertiary/aromatic N) is 2. The molecule has 0 bridgehead atoms. The third-order valence-electron chi connectivity index (χ3n) is 10.3. The Labute approximate surface area is 292 Å². The van der Waals surface area contributed by atoms with Crippen molar-refractivity contribution >= 4 is 93.2 Å². The second kappa shape index (κ2) is 10.8. The first-order valence-electron chi connectivity index (χ1n) is 17.2. The Hall–Kier alpha value is -6.91. The third-order valence-corrected chi connectivity index (χ3v) is 10.3. The van der Waals surface area contributed by atoms with E-state index in [0.717, 1.165) is 66.4 Å². The zero-order chi connectivity index (χ0) is 33.5. The molecule has 11 aromatic rings. The summed E-state index contributed by atoms with van der Waals surface area (Å²) in [4.78, 5) is 7.34. The van der Waals surface area contributed by atoms with E-state index in [1.165, 1.54) is 32.3 Å². The molecule has 0 N–H and O–H groups in total. The van der Waals surface area contributed by atoms with Gasteiger partial charge in [0.2, 0.25) is 5.89 Å². The predicted octanol–water partition coefficient (Wildman–Crippen LogP) is 13.5. The summed E-state index contributed by atoms with van der Waals surface area (Å²) in [6.07, 6.45) is 0. The van der Waals surface area contributed by atoms with Gasteiger partial charge in [-0.05, 0) is 86.2 Å². The lowest BCUT2D eigenvalue weighted by Gasteiger charge is -2.26. The monoisotopic (exact) mass is 652 g/mol. The van der Waals surface area contributed by atoms with Gasteiger partial charge in [0.15, 0.2) is 11.2 Å². The second-order valence-corrected chi connectivity index (χ2v) is 13.1. The molecule has 238 valence electrons.